The molecule has 1 aromatic carbocycles. The van der Waals surface area contributed by atoms with Crippen molar-refractivity contribution in [1.29, 1.82) is 0 Å². The van der Waals surface area contributed by atoms with Gasteiger partial charge in [0.05, 0.1) is 6.54 Å². The first-order valence-electron chi connectivity index (χ1n) is 6.15. The molecule has 6 heteroatoms. The van der Waals surface area contributed by atoms with Crippen molar-refractivity contribution in [3.8, 4) is 0 Å². The fraction of sp³-hybridized carbons (Fsp3) is 0.462. The zero-order valence-corrected chi connectivity index (χ0v) is 12.1. The molecule has 1 saturated heterocycles. The first-order chi connectivity index (χ1) is 9.04. The van der Waals surface area contributed by atoms with Crippen LogP contribution in [0.25, 0.3) is 0 Å². The second-order valence-electron chi connectivity index (χ2n) is 4.68. The molecule has 0 amide bonds. The molecule has 0 radical (unpaired) electrons. The predicted molar refractivity (Wildman–Crippen MR) is 73.5 cm³/mol. The van der Waals surface area contributed by atoms with Gasteiger partial charge in [0, 0.05) is 42.8 Å². The molecule has 1 fully saturated rings. The Kier molecular flexibility index (Phi) is 4.90. The van der Waals surface area contributed by atoms with Gasteiger partial charge in [0.2, 0.25) is 0 Å². The summed E-state index contributed by atoms with van der Waals surface area (Å²) in [7, 11) is 0. The van der Waals surface area contributed by atoms with E-state index in [1.54, 1.807) is 12.1 Å². The molecule has 0 spiro atoms. The maximum Gasteiger partial charge on any atom is 0.317 e. The molecular formula is C13H16BrFN2O2. The van der Waals surface area contributed by atoms with Crippen molar-refractivity contribution in [3.63, 3.8) is 0 Å². The highest BCUT2D eigenvalue weighted by molar-refractivity contribution is 9.10. The SMILES string of the molecule is O=C(O)CN1CCN(Cc2cc(Br)ccc2F)CC1. The Balaban J connectivity index is 1.88. The van der Waals surface area contributed by atoms with E-state index in [2.05, 4.69) is 20.8 Å². The summed E-state index contributed by atoms with van der Waals surface area (Å²) >= 11 is 3.34. The topological polar surface area (TPSA) is 43.8 Å². The second-order valence-corrected chi connectivity index (χ2v) is 5.60. The lowest BCUT2D eigenvalue weighted by molar-refractivity contribution is -0.138. The van der Waals surface area contributed by atoms with E-state index >= 15 is 0 Å². The largest absolute Gasteiger partial charge is 0.480 e. The van der Waals surface area contributed by atoms with Gasteiger partial charge in [0.25, 0.3) is 0 Å². The van der Waals surface area contributed by atoms with E-state index in [-0.39, 0.29) is 12.4 Å². The van der Waals surface area contributed by atoms with Crippen molar-refractivity contribution >= 4 is 21.9 Å². The van der Waals surface area contributed by atoms with Crippen molar-refractivity contribution < 1.29 is 14.3 Å². The summed E-state index contributed by atoms with van der Waals surface area (Å²) in [6.07, 6.45) is 0. The Morgan fingerprint density at radius 3 is 2.53 bits per heavy atom. The number of halogens is 2. The Morgan fingerprint density at radius 2 is 1.89 bits per heavy atom. The van der Waals surface area contributed by atoms with E-state index in [0.29, 0.717) is 25.2 Å². The summed E-state index contributed by atoms with van der Waals surface area (Å²) < 4.78 is 14.5. The molecule has 0 unspecified atom stereocenters. The molecule has 1 aromatic rings. The van der Waals surface area contributed by atoms with Gasteiger partial charge in [-0.15, -0.1) is 0 Å². The van der Waals surface area contributed by atoms with E-state index in [9.17, 15) is 9.18 Å². The van der Waals surface area contributed by atoms with Crippen LogP contribution in [-0.4, -0.2) is 53.6 Å². The van der Waals surface area contributed by atoms with Crippen LogP contribution < -0.4 is 0 Å². The summed E-state index contributed by atoms with van der Waals surface area (Å²) in [6.45, 7) is 3.59. The minimum atomic E-state index is -0.800. The molecule has 0 aliphatic carbocycles. The first-order valence-corrected chi connectivity index (χ1v) is 6.94. The third-order valence-electron chi connectivity index (χ3n) is 3.23. The minimum absolute atomic E-state index is 0.0824. The second kappa shape index (κ2) is 6.45. The van der Waals surface area contributed by atoms with Crippen molar-refractivity contribution in [3.05, 3.63) is 34.1 Å². The van der Waals surface area contributed by atoms with Crippen LogP contribution in [0.5, 0.6) is 0 Å². The molecule has 1 heterocycles. The maximum atomic E-state index is 13.6. The lowest BCUT2D eigenvalue weighted by atomic mass is 10.2. The average Bonchev–Trinajstić information content (AvgIpc) is 2.35. The number of hydrogen-bond acceptors (Lipinski definition) is 3. The predicted octanol–water partition coefficient (Wildman–Crippen LogP) is 1.79. The number of piperazine rings is 1. The van der Waals surface area contributed by atoms with E-state index in [1.165, 1.54) is 6.07 Å². The zero-order chi connectivity index (χ0) is 13.8. The minimum Gasteiger partial charge on any atom is -0.480 e. The molecule has 1 aliphatic heterocycles. The van der Waals surface area contributed by atoms with E-state index in [1.807, 2.05) is 4.90 Å². The number of carbonyl (C=O) groups is 1. The molecule has 0 bridgehead atoms. The van der Waals surface area contributed by atoms with E-state index in [4.69, 9.17) is 5.11 Å². The summed E-state index contributed by atoms with van der Waals surface area (Å²) in [5, 5.41) is 8.72. The maximum absolute atomic E-state index is 13.6. The number of rotatable bonds is 4. The van der Waals surface area contributed by atoms with E-state index < -0.39 is 5.97 Å². The Bertz CT molecular complexity index is 462. The molecule has 19 heavy (non-hydrogen) atoms. The summed E-state index contributed by atoms with van der Waals surface area (Å²) in [6, 6.07) is 4.93. The van der Waals surface area contributed by atoms with Crippen LogP contribution in [0, 0.1) is 5.82 Å². The van der Waals surface area contributed by atoms with Gasteiger partial charge in [0.15, 0.2) is 0 Å². The highest BCUT2D eigenvalue weighted by Gasteiger charge is 2.19. The first kappa shape index (κ1) is 14.4. The van der Waals surface area contributed by atoms with Crippen LogP contribution in [-0.2, 0) is 11.3 Å². The number of carboxylic acid groups (broad SMARTS) is 1. The monoisotopic (exact) mass is 330 g/mol. The molecule has 4 nitrogen and oxygen atoms in total. The molecule has 1 aliphatic rings. The van der Waals surface area contributed by atoms with Crippen molar-refractivity contribution in [2.45, 2.75) is 6.54 Å². The third kappa shape index (κ3) is 4.26. The van der Waals surface area contributed by atoms with Gasteiger partial charge in [-0.3, -0.25) is 14.6 Å². The normalized spacial score (nSPS) is 17.6. The van der Waals surface area contributed by atoms with Crippen LogP contribution in [0.3, 0.4) is 0 Å². The number of aliphatic carboxylic acids is 1. The molecule has 0 aromatic heterocycles. The van der Waals surface area contributed by atoms with Gasteiger partial charge in [-0.25, -0.2) is 4.39 Å². The summed E-state index contributed by atoms with van der Waals surface area (Å²) in [5.74, 6) is -0.998. The molecule has 104 valence electrons. The van der Waals surface area contributed by atoms with Gasteiger partial charge in [-0.05, 0) is 18.2 Å². The number of carboxylic acids is 1. The fourth-order valence-electron chi connectivity index (χ4n) is 2.20. The lowest BCUT2D eigenvalue weighted by Gasteiger charge is -2.33. The van der Waals surface area contributed by atoms with Crippen LogP contribution in [0.1, 0.15) is 5.56 Å². The zero-order valence-electron chi connectivity index (χ0n) is 10.5. The molecule has 2 rings (SSSR count). The highest BCUT2D eigenvalue weighted by Crippen LogP contribution is 2.18. The lowest BCUT2D eigenvalue weighted by Crippen LogP contribution is -2.47. The quantitative estimate of drug-likeness (QED) is 0.914. The summed E-state index contributed by atoms with van der Waals surface area (Å²) in [5.41, 5.74) is 0.668. The van der Waals surface area contributed by atoms with Crippen LogP contribution in [0.15, 0.2) is 22.7 Å². The molecular weight excluding hydrogens is 315 g/mol. The Morgan fingerprint density at radius 1 is 1.26 bits per heavy atom. The van der Waals surface area contributed by atoms with Gasteiger partial charge in [-0.2, -0.15) is 0 Å². The third-order valence-corrected chi connectivity index (χ3v) is 3.72. The van der Waals surface area contributed by atoms with Crippen molar-refractivity contribution in [1.82, 2.24) is 9.80 Å². The summed E-state index contributed by atoms with van der Waals surface area (Å²) in [4.78, 5) is 14.7. The molecule has 1 N–H and O–H groups in total. The Hall–Kier alpha value is -0.980. The molecule has 0 atom stereocenters. The van der Waals surface area contributed by atoms with Gasteiger partial charge in [-0.1, -0.05) is 15.9 Å². The Labute approximate surface area is 119 Å². The standard InChI is InChI=1S/C13H16BrFN2O2/c14-11-1-2-12(15)10(7-11)8-16-3-5-17(6-4-16)9-13(18)19/h1-2,7H,3-6,8-9H2,(H,18,19). The number of hydrogen-bond donors (Lipinski definition) is 1. The van der Waals surface area contributed by atoms with Gasteiger partial charge < -0.3 is 5.11 Å². The number of nitrogens with zero attached hydrogens (tertiary/aromatic N) is 2. The average molecular weight is 331 g/mol. The number of benzene rings is 1. The fourth-order valence-corrected chi connectivity index (χ4v) is 2.61. The van der Waals surface area contributed by atoms with Crippen LogP contribution >= 0.6 is 15.9 Å². The van der Waals surface area contributed by atoms with Gasteiger partial charge in [0.1, 0.15) is 5.82 Å². The van der Waals surface area contributed by atoms with E-state index in [0.717, 1.165) is 17.6 Å². The van der Waals surface area contributed by atoms with Gasteiger partial charge >= 0.3 is 5.97 Å². The van der Waals surface area contributed by atoms with Crippen LogP contribution in [0.4, 0.5) is 4.39 Å². The van der Waals surface area contributed by atoms with Crippen LogP contribution in [0.2, 0.25) is 0 Å². The highest BCUT2D eigenvalue weighted by atomic mass is 79.9. The van der Waals surface area contributed by atoms with Crippen molar-refractivity contribution in [2.24, 2.45) is 0 Å². The molecule has 0 saturated carbocycles. The smallest absolute Gasteiger partial charge is 0.317 e. The van der Waals surface area contributed by atoms with Crippen molar-refractivity contribution in [2.75, 3.05) is 32.7 Å².